The van der Waals surface area contributed by atoms with Crippen LogP contribution in [0.2, 0.25) is 5.02 Å². The van der Waals surface area contributed by atoms with E-state index in [1.165, 1.54) is 0 Å². The lowest BCUT2D eigenvalue weighted by atomic mass is 10.3. The topological polar surface area (TPSA) is 56.2 Å². The van der Waals surface area contributed by atoms with E-state index in [0.717, 1.165) is 0 Å². The third kappa shape index (κ3) is 3.72. The molecule has 0 aliphatic rings. The second-order valence-corrected chi connectivity index (χ2v) is 4.26. The number of halogens is 1. The standard InChI is InChI=1S/C13H14ClN3O2/c1-2-15-13(18)12-7-8-17(16-12)9-19-11-5-3-10(14)4-6-11/h3-8H,2,9H2,1H3,(H,15,18). The molecule has 0 saturated heterocycles. The van der Waals surface area contributed by atoms with Gasteiger partial charge in [0.2, 0.25) is 0 Å². The van der Waals surface area contributed by atoms with Gasteiger partial charge in [0, 0.05) is 17.8 Å². The van der Waals surface area contributed by atoms with Gasteiger partial charge in [-0.05, 0) is 37.3 Å². The third-order valence-corrected chi connectivity index (χ3v) is 2.64. The number of carbonyl (C=O) groups is 1. The normalized spacial score (nSPS) is 10.2. The minimum Gasteiger partial charge on any atom is -0.471 e. The van der Waals surface area contributed by atoms with Crippen molar-refractivity contribution in [2.75, 3.05) is 6.54 Å². The summed E-state index contributed by atoms with van der Waals surface area (Å²) in [5, 5.41) is 7.46. The monoisotopic (exact) mass is 279 g/mol. The maximum Gasteiger partial charge on any atom is 0.271 e. The quantitative estimate of drug-likeness (QED) is 0.914. The number of carbonyl (C=O) groups excluding carboxylic acids is 1. The molecule has 19 heavy (non-hydrogen) atoms. The van der Waals surface area contributed by atoms with Crippen LogP contribution in [0, 0.1) is 0 Å². The van der Waals surface area contributed by atoms with Crippen LogP contribution >= 0.6 is 11.6 Å². The lowest BCUT2D eigenvalue weighted by Crippen LogP contribution is -2.23. The van der Waals surface area contributed by atoms with Gasteiger partial charge >= 0.3 is 0 Å². The van der Waals surface area contributed by atoms with Crippen molar-refractivity contribution in [3.63, 3.8) is 0 Å². The molecule has 2 rings (SSSR count). The number of nitrogens with zero attached hydrogens (tertiary/aromatic N) is 2. The van der Waals surface area contributed by atoms with Crippen LogP contribution in [0.4, 0.5) is 0 Å². The lowest BCUT2D eigenvalue weighted by Gasteiger charge is -2.05. The minimum atomic E-state index is -0.187. The lowest BCUT2D eigenvalue weighted by molar-refractivity contribution is 0.0949. The molecule has 0 atom stereocenters. The van der Waals surface area contributed by atoms with E-state index in [2.05, 4.69) is 10.4 Å². The Kier molecular flexibility index (Phi) is 4.41. The molecular formula is C13H14ClN3O2. The highest BCUT2D eigenvalue weighted by Gasteiger charge is 2.07. The SMILES string of the molecule is CCNC(=O)c1ccn(COc2ccc(Cl)cc2)n1. The van der Waals surface area contributed by atoms with Gasteiger partial charge in [-0.15, -0.1) is 0 Å². The van der Waals surface area contributed by atoms with E-state index >= 15 is 0 Å². The van der Waals surface area contributed by atoms with Gasteiger partial charge in [-0.2, -0.15) is 5.10 Å². The summed E-state index contributed by atoms with van der Waals surface area (Å²) in [6.45, 7) is 2.67. The number of hydrogen-bond acceptors (Lipinski definition) is 3. The Balaban J connectivity index is 1.93. The second kappa shape index (κ2) is 6.24. The Morgan fingerprint density at radius 2 is 2.11 bits per heavy atom. The summed E-state index contributed by atoms with van der Waals surface area (Å²) in [7, 11) is 0. The minimum absolute atomic E-state index is 0.187. The molecule has 100 valence electrons. The molecule has 0 fully saturated rings. The molecule has 1 amide bonds. The van der Waals surface area contributed by atoms with Gasteiger partial charge in [-0.25, -0.2) is 4.68 Å². The van der Waals surface area contributed by atoms with Crippen molar-refractivity contribution in [3.05, 3.63) is 47.2 Å². The van der Waals surface area contributed by atoms with Crippen molar-refractivity contribution in [2.24, 2.45) is 0 Å². The van der Waals surface area contributed by atoms with Gasteiger partial charge in [0.1, 0.15) is 11.4 Å². The first-order valence-corrected chi connectivity index (χ1v) is 6.27. The Bertz CT molecular complexity index is 551. The summed E-state index contributed by atoms with van der Waals surface area (Å²) in [5.74, 6) is 0.507. The van der Waals surface area contributed by atoms with E-state index in [0.29, 0.717) is 23.0 Å². The molecule has 2 aromatic rings. The molecule has 0 bridgehead atoms. The zero-order chi connectivity index (χ0) is 13.7. The fourth-order valence-electron chi connectivity index (χ4n) is 1.48. The van der Waals surface area contributed by atoms with Gasteiger partial charge in [0.15, 0.2) is 6.73 Å². The summed E-state index contributed by atoms with van der Waals surface area (Å²) in [5.41, 5.74) is 0.376. The highest BCUT2D eigenvalue weighted by atomic mass is 35.5. The van der Waals surface area contributed by atoms with Crippen molar-refractivity contribution in [1.82, 2.24) is 15.1 Å². The van der Waals surface area contributed by atoms with Crippen LogP contribution in [-0.2, 0) is 6.73 Å². The molecule has 0 aliphatic carbocycles. The summed E-state index contributed by atoms with van der Waals surface area (Å²) in [6.07, 6.45) is 1.69. The van der Waals surface area contributed by atoms with E-state index in [1.54, 1.807) is 41.2 Å². The van der Waals surface area contributed by atoms with E-state index < -0.39 is 0 Å². The molecule has 1 heterocycles. The average molecular weight is 280 g/mol. The van der Waals surface area contributed by atoms with Crippen LogP contribution in [-0.4, -0.2) is 22.2 Å². The van der Waals surface area contributed by atoms with Gasteiger partial charge in [0.05, 0.1) is 0 Å². The third-order valence-electron chi connectivity index (χ3n) is 2.39. The number of nitrogens with one attached hydrogen (secondary N) is 1. The Morgan fingerprint density at radius 1 is 1.37 bits per heavy atom. The smallest absolute Gasteiger partial charge is 0.271 e. The Morgan fingerprint density at radius 3 is 2.79 bits per heavy atom. The molecule has 0 unspecified atom stereocenters. The zero-order valence-corrected chi connectivity index (χ0v) is 11.2. The maximum atomic E-state index is 11.5. The van der Waals surface area contributed by atoms with Gasteiger partial charge < -0.3 is 10.1 Å². The second-order valence-electron chi connectivity index (χ2n) is 3.83. The van der Waals surface area contributed by atoms with Crippen molar-refractivity contribution >= 4 is 17.5 Å². The molecular weight excluding hydrogens is 266 g/mol. The van der Waals surface area contributed by atoms with Crippen LogP contribution < -0.4 is 10.1 Å². The molecule has 0 spiro atoms. The molecule has 0 saturated carbocycles. The predicted molar refractivity (Wildman–Crippen MR) is 72.3 cm³/mol. The van der Waals surface area contributed by atoms with Crippen molar-refractivity contribution in [1.29, 1.82) is 0 Å². The fraction of sp³-hybridized carbons (Fsp3) is 0.231. The number of amides is 1. The molecule has 1 aromatic carbocycles. The fourth-order valence-corrected chi connectivity index (χ4v) is 1.60. The summed E-state index contributed by atoms with van der Waals surface area (Å²) in [4.78, 5) is 11.5. The van der Waals surface area contributed by atoms with Crippen LogP contribution in [0.1, 0.15) is 17.4 Å². The van der Waals surface area contributed by atoms with E-state index in [4.69, 9.17) is 16.3 Å². The molecule has 1 aromatic heterocycles. The van der Waals surface area contributed by atoms with Crippen LogP contribution in [0.25, 0.3) is 0 Å². The van der Waals surface area contributed by atoms with E-state index in [9.17, 15) is 4.79 Å². The first-order valence-electron chi connectivity index (χ1n) is 5.89. The zero-order valence-electron chi connectivity index (χ0n) is 10.5. The summed E-state index contributed by atoms with van der Waals surface area (Å²) >= 11 is 5.78. The van der Waals surface area contributed by atoms with Crippen molar-refractivity contribution < 1.29 is 9.53 Å². The molecule has 5 nitrogen and oxygen atoms in total. The Labute approximate surface area is 116 Å². The number of benzene rings is 1. The molecule has 0 radical (unpaired) electrons. The van der Waals surface area contributed by atoms with Crippen LogP contribution in [0.3, 0.4) is 0 Å². The summed E-state index contributed by atoms with van der Waals surface area (Å²) < 4.78 is 7.06. The van der Waals surface area contributed by atoms with E-state index in [-0.39, 0.29) is 12.6 Å². The largest absolute Gasteiger partial charge is 0.471 e. The van der Waals surface area contributed by atoms with Gasteiger partial charge in [-0.1, -0.05) is 11.6 Å². The summed E-state index contributed by atoms with van der Waals surface area (Å²) in [6, 6.07) is 8.70. The van der Waals surface area contributed by atoms with Crippen LogP contribution in [0.5, 0.6) is 5.75 Å². The molecule has 0 aliphatic heterocycles. The Hall–Kier alpha value is -2.01. The first-order chi connectivity index (χ1) is 9.19. The number of aromatic nitrogens is 2. The van der Waals surface area contributed by atoms with Crippen molar-refractivity contribution in [3.8, 4) is 5.75 Å². The molecule has 6 heteroatoms. The number of hydrogen-bond donors (Lipinski definition) is 1. The predicted octanol–water partition coefficient (Wildman–Crippen LogP) is 2.32. The van der Waals surface area contributed by atoms with Crippen LogP contribution in [0.15, 0.2) is 36.5 Å². The van der Waals surface area contributed by atoms with E-state index in [1.807, 2.05) is 6.92 Å². The van der Waals surface area contributed by atoms with Crippen molar-refractivity contribution in [2.45, 2.75) is 13.7 Å². The van der Waals surface area contributed by atoms with Gasteiger partial charge in [-0.3, -0.25) is 4.79 Å². The molecule has 1 N–H and O–H groups in total. The highest BCUT2D eigenvalue weighted by molar-refractivity contribution is 6.30. The van der Waals surface area contributed by atoms with Gasteiger partial charge in [0.25, 0.3) is 5.91 Å². The highest BCUT2D eigenvalue weighted by Crippen LogP contribution is 2.15. The number of ether oxygens (including phenoxy) is 1. The number of rotatable bonds is 5. The first kappa shape index (κ1) is 13.4. The maximum absolute atomic E-state index is 11.5. The average Bonchev–Trinajstić information content (AvgIpc) is 2.87.